The van der Waals surface area contributed by atoms with Crippen LogP contribution < -0.4 is 15.4 Å². The molecule has 28 heavy (non-hydrogen) atoms. The van der Waals surface area contributed by atoms with E-state index in [1.807, 2.05) is 0 Å². The van der Waals surface area contributed by atoms with Gasteiger partial charge in [0.2, 0.25) is 5.91 Å². The van der Waals surface area contributed by atoms with Gasteiger partial charge in [-0.25, -0.2) is 0 Å². The molecule has 0 aromatic heterocycles. The van der Waals surface area contributed by atoms with Crippen molar-refractivity contribution in [3.63, 3.8) is 0 Å². The van der Waals surface area contributed by atoms with E-state index in [1.165, 1.54) is 19.1 Å². The lowest BCUT2D eigenvalue weighted by Crippen LogP contribution is -2.29. The monoisotopic (exact) mass is 444 g/mol. The summed E-state index contributed by atoms with van der Waals surface area (Å²) in [5, 5.41) is 14.0. The Bertz CT molecular complexity index is 910. The third-order valence-electron chi connectivity index (χ3n) is 3.32. The van der Waals surface area contributed by atoms with E-state index in [4.69, 9.17) is 44.6 Å². The zero-order valence-electron chi connectivity index (χ0n) is 14.5. The lowest BCUT2D eigenvalue weighted by molar-refractivity contribution is -0.135. The maximum Gasteiger partial charge on any atom is 0.322 e. The van der Waals surface area contributed by atoms with Gasteiger partial charge in [0.25, 0.3) is 5.91 Å². The maximum atomic E-state index is 11.9. The summed E-state index contributed by atoms with van der Waals surface area (Å²) in [5.41, 5.74) is 1.27. The van der Waals surface area contributed by atoms with Gasteiger partial charge in [0, 0.05) is 23.2 Å². The fourth-order valence-corrected chi connectivity index (χ4v) is 3.11. The number of carboxylic acid groups (broad SMARTS) is 1. The van der Waals surface area contributed by atoms with E-state index in [0.717, 1.165) is 0 Å². The van der Waals surface area contributed by atoms with E-state index in [9.17, 15) is 14.4 Å². The molecule has 2 aromatic rings. The number of carbonyl (C=O) groups is 3. The number of nitrogens with one attached hydrogen (secondary N) is 2. The standard InChI is InChI=1S/C18H15Cl3N2O5/c1-9(24)23-13-3-10(2-12(19)6-13)8-28-17-14(20)4-11(5-15(17)21)18(27)22-7-16(25)26/h2-6H,7-8H2,1H3,(H,22,27)(H,23,24)(H,25,26). The summed E-state index contributed by atoms with van der Waals surface area (Å²) in [6.07, 6.45) is 0. The first-order valence-corrected chi connectivity index (χ1v) is 8.98. The molecule has 10 heteroatoms. The van der Waals surface area contributed by atoms with Crippen molar-refractivity contribution < 1.29 is 24.2 Å². The van der Waals surface area contributed by atoms with Crippen molar-refractivity contribution in [2.45, 2.75) is 13.5 Å². The number of anilines is 1. The predicted molar refractivity (Wildman–Crippen MR) is 107 cm³/mol. The van der Waals surface area contributed by atoms with Crippen molar-refractivity contribution in [3.8, 4) is 5.75 Å². The molecular formula is C18H15Cl3N2O5. The number of carboxylic acids is 1. The number of rotatable bonds is 7. The summed E-state index contributed by atoms with van der Waals surface area (Å²) >= 11 is 18.3. The second-order valence-corrected chi connectivity index (χ2v) is 6.91. The molecule has 3 N–H and O–H groups in total. The number of amides is 2. The molecule has 0 aliphatic carbocycles. The van der Waals surface area contributed by atoms with Gasteiger partial charge in [-0.05, 0) is 35.9 Å². The van der Waals surface area contributed by atoms with Crippen LogP contribution in [-0.4, -0.2) is 29.4 Å². The molecule has 2 amide bonds. The van der Waals surface area contributed by atoms with Gasteiger partial charge in [0.1, 0.15) is 13.2 Å². The van der Waals surface area contributed by atoms with Gasteiger partial charge < -0.3 is 20.5 Å². The Kier molecular flexibility index (Phi) is 7.51. The number of aliphatic carboxylic acids is 1. The van der Waals surface area contributed by atoms with Gasteiger partial charge in [-0.1, -0.05) is 34.8 Å². The number of benzene rings is 2. The highest BCUT2D eigenvalue weighted by Gasteiger charge is 2.15. The zero-order valence-corrected chi connectivity index (χ0v) is 16.8. The fourth-order valence-electron chi connectivity index (χ4n) is 2.25. The first-order valence-electron chi connectivity index (χ1n) is 7.84. The van der Waals surface area contributed by atoms with Gasteiger partial charge >= 0.3 is 5.97 Å². The lowest BCUT2D eigenvalue weighted by atomic mass is 10.2. The van der Waals surface area contributed by atoms with E-state index >= 15 is 0 Å². The van der Waals surface area contributed by atoms with Crippen molar-refractivity contribution in [3.05, 3.63) is 56.5 Å². The molecule has 0 saturated carbocycles. The molecule has 0 aliphatic rings. The van der Waals surface area contributed by atoms with Crippen molar-refractivity contribution in [2.24, 2.45) is 0 Å². The van der Waals surface area contributed by atoms with Crippen LogP contribution >= 0.6 is 34.8 Å². The summed E-state index contributed by atoms with van der Waals surface area (Å²) in [6.45, 7) is 0.902. The third-order valence-corrected chi connectivity index (χ3v) is 4.10. The number of ether oxygens (including phenoxy) is 1. The van der Waals surface area contributed by atoms with E-state index in [1.54, 1.807) is 18.2 Å². The topological polar surface area (TPSA) is 105 Å². The highest BCUT2D eigenvalue weighted by molar-refractivity contribution is 6.37. The summed E-state index contributed by atoms with van der Waals surface area (Å²) in [7, 11) is 0. The molecule has 0 radical (unpaired) electrons. The van der Waals surface area contributed by atoms with Crippen LogP contribution in [0.5, 0.6) is 5.75 Å². The molecule has 0 spiro atoms. The molecule has 0 fully saturated rings. The normalized spacial score (nSPS) is 10.3. The number of halogens is 3. The van der Waals surface area contributed by atoms with E-state index in [2.05, 4.69) is 10.6 Å². The molecule has 0 saturated heterocycles. The Hall–Kier alpha value is -2.48. The van der Waals surface area contributed by atoms with Crippen LogP contribution in [0.15, 0.2) is 30.3 Å². The molecule has 0 aliphatic heterocycles. The average molecular weight is 446 g/mol. The average Bonchev–Trinajstić information content (AvgIpc) is 2.57. The van der Waals surface area contributed by atoms with Crippen LogP contribution in [0.1, 0.15) is 22.8 Å². The largest absolute Gasteiger partial charge is 0.486 e. The lowest BCUT2D eigenvalue weighted by Gasteiger charge is -2.13. The Labute approximate surface area is 175 Å². The molecule has 2 rings (SSSR count). The smallest absolute Gasteiger partial charge is 0.322 e. The second-order valence-electron chi connectivity index (χ2n) is 5.66. The quantitative estimate of drug-likeness (QED) is 0.597. The first-order chi connectivity index (χ1) is 13.2. The van der Waals surface area contributed by atoms with Crippen LogP contribution in [0.25, 0.3) is 0 Å². The van der Waals surface area contributed by atoms with Gasteiger partial charge in [-0.15, -0.1) is 0 Å². The molecule has 0 atom stereocenters. The zero-order chi connectivity index (χ0) is 20.8. The first kappa shape index (κ1) is 21.8. The second kappa shape index (κ2) is 9.64. The molecule has 0 unspecified atom stereocenters. The van der Waals surface area contributed by atoms with E-state index in [-0.39, 0.29) is 33.9 Å². The molecule has 0 heterocycles. The number of hydrogen-bond acceptors (Lipinski definition) is 4. The van der Waals surface area contributed by atoms with Crippen LogP contribution in [0.4, 0.5) is 5.69 Å². The molecular weight excluding hydrogens is 431 g/mol. The van der Waals surface area contributed by atoms with Crippen molar-refractivity contribution in [1.29, 1.82) is 0 Å². The van der Waals surface area contributed by atoms with E-state index < -0.39 is 18.4 Å². The minimum Gasteiger partial charge on any atom is -0.486 e. The molecule has 0 bridgehead atoms. The van der Waals surface area contributed by atoms with Gasteiger partial charge in [0.05, 0.1) is 10.0 Å². The van der Waals surface area contributed by atoms with Crippen molar-refractivity contribution in [1.82, 2.24) is 5.32 Å². The summed E-state index contributed by atoms with van der Waals surface area (Å²) < 4.78 is 5.64. The summed E-state index contributed by atoms with van der Waals surface area (Å²) in [5.74, 6) is -1.89. The number of carbonyl (C=O) groups excluding carboxylic acids is 2. The molecule has 7 nitrogen and oxygen atoms in total. The summed E-state index contributed by atoms with van der Waals surface area (Å²) in [6, 6.07) is 7.57. The van der Waals surface area contributed by atoms with Gasteiger partial charge in [-0.2, -0.15) is 0 Å². The molecule has 2 aromatic carbocycles. The Balaban J connectivity index is 2.15. The van der Waals surface area contributed by atoms with Crippen LogP contribution in [0.2, 0.25) is 15.1 Å². The van der Waals surface area contributed by atoms with Crippen LogP contribution in [0.3, 0.4) is 0 Å². The fraction of sp³-hybridized carbons (Fsp3) is 0.167. The van der Waals surface area contributed by atoms with Gasteiger partial charge in [-0.3, -0.25) is 14.4 Å². The third kappa shape index (κ3) is 6.30. The Morgan fingerprint density at radius 3 is 2.25 bits per heavy atom. The predicted octanol–water partition coefficient (Wildman–Crippen LogP) is 4.00. The molecule has 148 valence electrons. The minimum absolute atomic E-state index is 0.0527. The van der Waals surface area contributed by atoms with Crippen molar-refractivity contribution >= 4 is 58.3 Å². The Morgan fingerprint density at radius 2 is 1.68 bits per heavy atom. The minimum atomic E-state index is -1.18. The number of hydrogen-bond donors (Lipinski definition) is 3. The van der Waals surface area contributed by atoms with Crippen LogP contribution in [0, 0.1) is 0 Å². The van der Waals surface area contributed by atoms with Crippen molar-refractivity contribution in [2.75, 3.05) is 11.9 Å². The van der Waals surface area contributed by atoms with Gasteiger partial charge in [0.15, 0.2) is 5.75 Å². The SMILES string of the molecule is CC(=O)Nc1cc(Cl)cc(COc2c(Cl)cc(C(=O)NCC(=O)O)cc2Cl)c1. The van der Waals surface area contributed by atoms with E-state index in [0.29, 0.717) is 16.3 Å². The highest BCUT2D eigenvalue weighted by atomic mass is 35.5. The Morgan fingerprint density at radius 1 is 1.04 bits per heavy atom. The summed E-state index contributed by atoms with van der Waals surface area (Å²) in [4.78, 5) is 33.6. The maximum absolute atomic E-state index is 11.9. The van der Waals surface area contributed by atoms with Crippen LogP contribution in [-0.2, 0) is 16.2 Å². The highest BCUT2D eigenvalue weighted by Crippen LogP contribution is 2.35.